The van der Waals surface area contributed by atoms with Crippen molar-refractivity contribution in [2.24, 2.45) is 0 Å². The number of amides is 1. The van der Waals surface area contributed by atoms with Gasteiger partial charge in [0.15, 0.2) is 0 Å². The zero-order valence-corrected chi connectivity index (χ0v) is 15.5. The number of methoxy groups -OCH3 is 1. The third kappa shape index (κ3) is 4.80. The van der Waals surface area contributed by atoms with Gasteiger partial charge in [-0.25, -0.2) is 4.79 Å². The van der Waals surface area contributed by atoms with Crippen LogP contribution in [0.3, 0.4) is 0 Å². The van der Waals surface area contributed by atoms with E-state index in [0.29, 0.717) is 10.0 Å². The first-order chi connectivity index (χ1) is 11.4. The Bertz CT molecular complexity index is 783. The summed E-state index contributed by atoms with van der Waals surface area (Å²) in [4.78, 5) is 24.8. The zero-order chi connectivity index (χ0) is 17.7. The molecule has 0 aliphatic carbocycles. The van der Waals surface area contributed by atoms with E-state index in [0.717, 1.165) is 4.90 Å². The van der Waals surface area contributed by atoms with E-state index in [9.17, 15) is 9.59 Å². The van der Waals surface area contributed by atoms with Gasteiger partial charge in [-0.15, -0.1) is 11.8 Å². The number of rotatable bonds is 5. The van der Waals surface area contributed by atoms with Gasteiger partial charge in [-0.2, -0.15) is 0 Å². The van der Waals surface area contributed by atoms with Crippen molar-refractivity contribution in [3.05, 3.63) is 57.0 Å². The van der Waals surface area contributed by atoms with Gasteiger partial charge in [0, 0.05) is 9.92 Å². The highest BCUT2D eigenvalue weighted by Gasteiger charge is 2.19. The van der Waals surface area contributed by atoms with Crippen LogP contribution >= 0.6 is 46.6 Å². The molecule has 2 rings (SSSR count). The SMILES string of the molecule is COC(=O)c1c(Cl)cc(Cl)cc1NC(=O)CSc1ccccc1Cl. The standard InChI is InChI=1S/C16H12Cl3NO3S/c1-23-16(22)15-11(19)6-9(17)7-12(15)20-14(21)8-24-13-5-3-2-4-10(13)18/h2-7H,8H2,1H3,(H,20,21). The average molecular weight is 405 g/mol. The molecule has 0 unspecified atom stereocenters. The van der Waals surface area contributed by atoms with Crippen molar-refractivity contribution >= 4 is 64.1 Å². The van der Waals surface area contributed by atoms with E-state index in [2.05, 4.69) is 10.1 Å². The Balaban J connectivity index is 2.14. The molecule has 0 saturated carbocycles. The predicted octanol–water partition coefficient (Wildman–Crippen LogP) is 5.16. The molecular weight excluding hydrogens is 393 g/mol. The number of thioether (sulfide) groups is 1. The second kappa shape index (κ2) is 8.62. The maximum atomic E-state index is 12.2. The molecule has 4 nitrogen and oxygen atoms in total. The second-order valence-corrected chi connectivity index (χ2v) is 6.84. The molecule has 2 aromatic rings. The number of carbonyl (C=O) groups excluding carboxylic acids is 2. The molecule has 2 aromatic carbocycles. The zero-order valence-electron chi connectivity index (χ0n) is 12.4. The number of ether oxygens (including phenoxy) is 1. The molecule has 0 aliphatic heterocycles. The molecule has 0 aromatic heterocycles. The first-order valence-electron chi connectivity index (χ1n) is 6.67. The lowest BCUT2D eigenvalue weighted by Gasteiger charge is -2.12. The van der Waals surface area contributed by atoms with E-state index < -0.39 is 5.97 Å². The summed E-state index contributed by atoms with van der Waals surface area (Å²) < 4.78 is 4.68. The normalized spacial score (nSPS) is 10.3. The fourth-order valence-corrected chi connectivity index (χ4v) is 3.48. The fourth-order valence-electron chi connectivity index (χ4n) is 1.87. The van der Waals surface area contributed by atoms with Gasteiger partial charge < -0.3 is 10.1 Å². The van der Waals surface area contributed by atoms with Crippen LogP contribution in [0.2, 0.25) is 15.1 Å². The van der Waals surface area contributed by atoms with Gasteiger partial charge in [-0.05, 0) is 24.3 Å². The number of hydrogen-bond donors (Lipinski definition) is 1. The Morgan fingerprint density at radius 2 is 1.83 bits per heavy atom. The van der Waals surface area contributed by atoms with Crippen LogP contribution in [-0.4, -0.2) is 24.7 Å². The van der Waals surface area contributed by atoms with Crippen LogP contribution in [0.25, 0.3) is 0 Å². The summed E-state index contributed by atoms with van der Waals surface area (Å²) in [6, 6.07) is 10.0. The minimum atomic E-state index is -0.661. The molecule has 0 spiro atoms. The highest BCUT2D eigenvalue weighted by molar-refractivity contribution is 8.00. The van der Waals surface area contributed by atoms with Crippen LogP contribution in [0.5, 0.6) is 0 Å². The number of esters is 1. The third-order valence-corrected chi connectivity index (χ3v) is 4.95. The maximum absolute atomic E-state index is 12.2. The van der Waals surface area contributed by atoms with Crippen LogP contribution in [-0.2, 0) is 9.53 Å². The lowest BCUT2D eigenvalue weighted by molar-refractivity contribution is -0.113. The molecule has 0 radical (unpaired) electrons. The molecule has 0 bridgehead atoms. The Labute approximate surface area is 158 Å². The summed E-state index contributed by atoms with van der Waals surface area (Å²) in [6.07, 6.45) is 0. The Morgan fingerprint density at radius 1 is 1.12 bits per heavy atom. The van der Waals surface area contributed by atoms with Gasteiger partial charge in [0.2, 0.25) is 5.91 Å². The van der Waals surface area contributed by atoms with Crippen LogP contribution in [0.4, 0.5) is 5.69 Å². The number of halogens is 3. The number of nitrogens with one attached hydrogen (secondary N) is 1. The molecule has 126 valence electrons. The molecule has 0 aliphatic rings. The number of hydrogen-bond acceptors (Lipinski definition) is 4. The third-order valence-electron chi connectivity index (χ3n) is 2.91. The van der Waals surface area contributed by atoms with Crippen LogP contribution in [0.15, 0.2) is 41.3 Å². The number of benzene rings is 2. The first-order valence-corrected chi connectivity index (χ1v) is 8.79. The largest absolute Gasteiger partial charge is 0.465 e. The van der Waals surface area contributed by atoms with Crippen molar-refractivity contribution in [3.8, 4) is 0 Å². The van der Waals surface area contributed by atoms with E-state index in [1.807, 2.05) is 18.2 Å². The summed E-state index contributed by atoms with van der Waals surface area (Å²) in [6.45, 7) is 0. The number of anilines is 1. The van der Waals surface area contributed by atoms with Gasteiger partial charge in [-0.1, -0.05) is 46.9 Å². The summed E-state index contributed by atoms with van der Waals surface area (Å²) in [5.74, 6) is -0.886. The molecule has 1 N–H and O–H groups in total. The lowest BCUT2D eigenvalue weighted by Crippen LogP contribution is -2.17. The molecule has 8 heteroatoms. The maximum Gasteiger partial charge on any atom is 0.341 e. The second-order valence-electron chi connectivity index (χ2n) is 4.57. The van der Waals surface area contributed by atoms with Crippen molar-refractivity contribution in [2.75, 3.05) is 18.2 Å². The van der Waals surface area contributed by atoms with Crippen LogP contribution in [0, 0.1) is 0 Å². The first kappa shape index (κ1) is 18.9. The van der Waals surface area contributed by atoms with E-state index in [1.54, 1.807) is 6.07 Å². The molecule has 0 fully saturated rings. The minimum absolute atomic E-state index is 0.0552. The summed E-state index contributed by atoms with van der Waals surface area (Å²) >= 11 is 19.3. The molecule has 1 amide bonds. The average Bonchev–Trinajstić information content (AvgIpc) is 2.53. The molecule has 0 heterocycles. The Kier molecular flexibility index (Phi) is 6.80. The minimum Gasteiger partial charge on any atom is -0.465 e. The fraction of sp³-hybridized carbons (Fsp3) is 0.125. The van der Waals surface area contributed by atoms with Gasteiger partial charge in [0.25, 0.3) is 0 Å². The molecule has 0 atom stereocenters. The van der Waals surface area contributed by atoms with Gasteiger partial charge in [-0.3, -0.25) is 4.79 Å². The van der Waals surface area contributed by atoms with Crippen LogP contribution in [0.1, 0.15) is 10.4 Å². The smallest absolute Gasteiger partial charge is 0.341 e. The lowest BCUT2D eigenvalue weighted by atomic mass is 10.1. The van der Waals surface area contributed by atoms with E-state index in [-0.39, 0.29) is 27.9 Å². The van der Waals surface area contributed by atoms with E-state index in [4.69, 9.17) is 34.8 Å². The van der Waals surface area contributed by atoms with E-state index >= 15 is 0 Å². The van der Waals surface area contributed by atoms with Gasteiger partial charge in [0.05, 0.1) is 28.6 Å². The van der Waals surface area contributed by atoms with E-state index in [1.165, 1.54) is 31.0 Å². The van der Waals surface area contributed by atoms with Gasteiger partial charge in [0.1, 0.15) is 5.56 Å². The monoisotopic (exact) mass is 403 g/mol. The number of carbonyl (C=O) groups is 2. The molecular formula is C16H12Cl3NO3S. The van der Waals surface area contributed by atoms with Crippen molar-refractivity contribution in [1.82, 2.24) is 0 Å². The van der Waals surface area contributed by atoms with Crippen LogP contribution < -0.4 is 5.32 Å². The Hall–Kier alpha value is -1.40. The predicted molar refractivity (Wildman–Crippen MR) is 98.6 cm³/mol. The summed E-state index contributed by atoms with van der Waals surface area (Å²) in [5, 5.41) is 3.58. The van der Waals surface area contributed by atoms with Crippen molar-refractivity contribution in [3.63, 3.8) is 0 Å². The van der Waals surface area contributed by atoms with Crippen molar-refractivity contribution in [1.29, 1.82) is 0 Å². The quantitative estimate of drug-likeness (QED) is 0.552. The Morgan fingerprint density at radius 3 is 2.50 bits per heavy atom. The van der Waals surface area contributed by atoms with Crippen molar-refractivity contribution < 1.29 is 14.3 Å². The summed E-state index contributed by atoms with van der Waals surface area (Å²) in [7, 11) is 1.23. The van der Waals surface area contributed by atoms with Gasteiger partial charge >= 0.3 is 5.97 Å². The van der Waals surface area contributed by atoms with Crippen molar-refractivity contribution in [2.45, 2.75) is 4.90 Å². The molecule has 24 heavy (non-hydrogen) atoms. The summed E-state index contributed by atoms with van der Waals surface area (Å²) in [5.41, 5.74) is 0.253. The highest BCUT2D eigenvalue weighted by Crippen LogP contribution is 2.31. The molecule has 0 saturated heterocycles. The topological polar surface area (TPSA) is 55.4 Å². The highest BCUT2D eigenvalue weighted by atomic mass is 35.5.